The molecule has 0 aliphatic carbocycles. The van der Waals surface area contributed by atoms with Crippen LogP contribution >= 0.6 is 0 Å². The van der Waals surface area contributed by atoms with Gasteiger partial charge in [-0.05, 0) is 30.7 Å². The number of pyridine rings is 1. The fourth-order valence-corrected chi connectivity index (χ4v) is 4.61. The molecule has 1 aliphatic rings. The van der Waals surface area contributed by atoms with Crippen molar-refractivity contribution in [2.75, 3.05) is 19.0 Å². The molecule has 10 nitrogen and oxygen atoms in total. The van der Waals surface area contributed by atoms with Crippen molar-refractivity contribution in [3.63, 3.8) is 0 Å². The summed E-state index contributed by atoms with van der Waals surface area (Å²) in [5, 5.41) is 12.7. The van der Waals surface area contributed by atoms with Crippen LogP contribution in [0, 0.1) is 18.2 Å². The number of amides is 2. The van der Waals surface area contributed by atoms with E-state index in [2.05, 4.69) is 19.8 Å². The van der Waals surface area contributed by atoms with Crippen molar-refractivity contribution in [2.45, 2.75) is 32.2 Å². The predicted molar refractivity (Wildman–Crippen MR) is 124 cm³/mol. The zero-order valence-corrected chi connectivity index (χ0v) is 20.0. The van der Waals surface area contributed by atoms with Crippen LogP contribution in [-0.4, -0.2) is 38.7 Å². The minimum absolute atomic E-state index is 0.0215. The van der Waals surface area contributed by atoms with Gasteiger partial charge in [0, 0.05) is 28.8 Å². The molecule has 0 spiro atoms. The number of aromatic nitrogens is 3. The Hall–Kier alpha value is -3.51. The zero-order valence-electron chi connectivity index (χ0n) is 19.2. The molecule has 3 N–H and O–H groups in total. The highest BCUT2D eigenvalue weighted by Gasteiger charge is 2.32. The number of urea groups is 1. The van der Waals surface area contributed by atoms with Crippen LogP contribution in [0.4, 0.5) is 14.9 Å². The summed E-state index contributed by atoms with van der Waals surface area (Å²) in [5.41, 5.74) is 1.29. The normalized spacial score (nSPS) is 16.1. The molecule has 0 fully saturated rings. The number of nitrogens with two attached hydrogens (primary N) is 1. The Morgan fingerprint density at radius 2 is 2.15 bits per heavy atom. The lowest BCUT2D eigenvalue weighted by Crippen LogP contribution is -2.33. The van der Waals surface area contributed by atoms with E-state index in [4.69, 9.17) is 14.6 Å². The minimum Gasteiger partial charge on any atom is -0.481 e. The average Bonchev–Trinajstić information content (AvgIpc) is 3.19. The van der Waals surface area contributed by atoms with E-state index in [9.17, 15) is 13.4 Å². The number of ether oxygens (including phenoxy) is 2. The van der Waals surface area contributed by atoms with Crippen LogP contribution in [0.5, 0.6) is 11.8 Å². The van der Waals surface area contributed by atoms with Gasteiger partial charge in [0.15, 0.2) is 9.92 Å². The summed E-state index contributed by atoms with van der Waals surface area (Å²) in [4.78, 5) is 16.9. The second-order valence-corrected chi connectivity index (χ2v) is 10.5. The maximum absolute atomic E-state index is 14.4. The van der Waals surface area contributed by atoms with E-state index in [1.165, 1.54) is 38.6 Å². The lowest BCUT2D eigenvalue weighted by atomic mass is 9.94. The Kier molecular flexibility index (Phi) is 6.04. The molecule has 0 saturated heterocycles. The van der Waals surface area contributed by atoms with Crippen molar-refractivity contribution in [2.24, 2.45) is 14.9 Å². The van der Waals surface area contributed by atoms with Crippen LogP contribution < -0.4 is 19.9 Å². The largest absolute Gasteiger partial charge is 0.481 e. The predicted octanol–water partition coefficient (Wildman–Crippen LogP) is 3.75. The summed E-state index contributed by atoms with van der Waals surface area (Å²) in [5.74, 6) is 0.0331. The Morgan fingerprint density at radius 3 is 2.88 bits per heavy atom. The fourth-order valence-electron chi connectivity index (χ4n) is 3.61. The van der Waals surface area contributed by atoms with E-state index in [0.29, 0.717) is 30.2 Å². The number of carbonyl (C=O) groups is 1. The Morgan fingerprint density at radius 1 is 1.38 bits per heavy atom. The monoisotopic (exact) mass is 488 g/mol. The summed E-state index contributed by atoms with van der Waals surface area (Å²) in [6.07, 6.45) is 2.82. The van der Waals surface area contributed by atoms with Crippen LogP contribution in [0.25, 0.3) is 11.1 Å². The molecule has 3 aromatic rings. The number of fused-ring (bicyclic) bond motifs is 1. The number of hydrogen-bond donors (Lipinski definition) is 2. The molecule has 2 aromatic heterocycles. The first-order valence-electron chi connectivity index (χ1n) is 10.3. The Labute approximate surface area is 196 Å². The van der Waals surface area contributed by atoms with Crippen molar-refractivity contribution in [3.05, 3.63) is 48.0 Å². The smallest absolute Gasteiger partial charge is 0.354 e. The topological polar surface area (TPSA) is 134 Å². The molecule has 0 bridgehead atoms. The Bertz CT molecular complexity index is 1390. The van der Waals surface area contributed by atoms with E-state index in [1.807, 2.05) is 13.8 Å². The van der Waals surface area contributed by atoms with Crippen LogP contribution in [0.3, 0.4) is 0 Å². The van der Waals surface area contributed by atoms with Crippen molar-refractivity contribution in [1.82, 2.24) is 14.8 Å². The van der Waals surface area contributed by atoms with Crippen LogP contribution in [0.2, 0.25) is 0 Å². The first-order valence-corrected chi connectivity index (χ1v) is 11.9. The first kappa shape index (κ1) is 23.6. The van der Waals surface area contributed by atoms with Crippen molar-refractivity contribution in [3.8, 4) is 22.9 Å². The van der Waals surface area contributed by atoms with Crippen molar-refractivity contribution >= 4 is 21.6 Å². The van der Waals surface area contributed by atoms with Gasteiger partial charge in [-0.15, -0.1) is 4.36 Å². The highest BCUT2D eigenvalue weighted by Crippen LogP contribution is 2.35. The van der Waals surface area contributed by atoms with E-state index >= 15 is 0 Å². The quantitative estimate of drug-likeness (QED) is 0.574. The molecule has 4 rings (SSSR count). The average molecular weight is 489 g/mol. The minimum atomic E-state index is -3.70. The molecule has 1 aromatic carbocycles. The van der Waals surface area contributed by atoms with Gasteiger partial charge in [0.2, 0.25) is 11.8 Å². The van der Waals surface area contributed by atoms with Crippen molar-refractivity contribution in [1.29, 1.82) is 0 Å². The molecule has 3 heterocycles. The lowest BCUT2D eigenvalue weighted by molar-refractivity contribution is 0.0972. The standard InChI is InChI=1S/C22H25FN6O4S/c1-13-16(23)6-5-15(14-7-8-25-18(9-14)32-4)19(13)27-21(30)28-34(24,31)17-10-26-29-11-22(2,3)12-33-20(17)29/h5-10H,11-12H2,1-4H3,(H3,24,27,28,30,31). The third kappa shape index (κ3) is 4.59. The summed E-state index contributed by atoms with van der Waals surface area (Å²) in [6, 6.07) is 5.12. The van der Waals surface area contributed by atoms with Gasteiger partial charge in [-0.2, -0.15) is 5.10 Å². The maximum atomic E-state index is 14.4. The molecular weight excluding hydrogens is 463 g/mol. The molecular formula is C22H25FN6O4S. The van der Waals surface area contributed by atoms with Gasteiger partial charge in [-0.25, -0.2) is 28.2 Å². The third-order valence-electron chi connectivity index (χ3n) is 5.36. The molecule has 2 amide bonds. The zero-order chi connectivity index (χ0) is 24.7. The number of nitrogens with one attached hydrogen (secondary N) is 1. The fraction of sp³-hybridized carbons (Fsp3) is 0.318. The molecule has 1 unspecified atom stereocenters. The molecule has 1 aliphatic heterocycles. The van der Waals surface area contributed by atoms with E-state index in [1.54, 1.807) is 16.8 Å². The van der Waals surface area contributed by atoms with Gasteiger partial charge >= 0.3 is 6.03 Å². The second kappa shape index (κ2) is 8.69. The van der Waals surface area contributed by atoms with Gasteiger partial charge in [0.25, 0.3) is 0 Å². The number of nitrogens with zero attached hydrogens (tertiary/aromatic N) is 4. The number of halogens is 1. The number of benzene rings is 1. The number of carbonyl (C=O) groups excluding carboxylic acids is 1. The van der Waals surface area contributed by atoms with Gasteiger partial charge in [0.1, 0.15) is 10.7 Å². The van der Waals surface area contributed by atoms with Crippen LogP contribution in [0.1, 0.15) is 19.4 Å². The summed E-state index contributed by atoms with van der Waals surface area (Å²) < 4.78 is 43.6. The highest BCUT2D eigenvalue weighted by atomic mass is 32.2. The molecule has 0 saturated carbocycles. The van der Waals surface area contributed by atoms with E-state index in [-0.39, 0.29) is 27.4 Å². The van der Waals surface area contributed by atoms with Gasteiger partial charge < -0.3 is 14.8 Å². The van der Waals surface area contributed by atoms with Crippen LogP contribution in [-0.2, 0) is 16.5 Å². The van der Waals surface area contributed by atoms with Gasteiger partial charge in [-0.1, -0.05) is 13.8 Å². The van der Waals surface area contributed by atoms with E-state index in [0.717, 1.165) is 0 Å². The highest BCUT2D eigenvalue weighted by molar-refractivity contribution is 7.91. The summed E-state index contributed by atoms with van der Waals surface area (Å²) >= 11 is 0. The van der Waals surface area contributed by atoms with E-state index < -0.39 is 21.8 Å². The molecule has 34 heavy (non-hydrogen) atoms. The maximum Gasteiger partial charge on any atom is 0.354 e. The molecule has 1 atom stereocenters. The molecule has 12 heteroatoms. The van der Waals surface area contributed by atoms with Crippen LogP contribution in [0.15, 0.2) is 45.9 Å². The molecule has 180 valence electrons. The third-order valence-corrected chi connectivity index (χ3v) is 6.70. The Balaban J connectivity index is 1.69. The molecule has 0 radical (unpaired) electrons. The second-order valence-electron chi connectivity index (χ2n) is 8.70. The number of rotatable bonds is 4. The number of anilines is 1. The summed E-state index contributed by atoms with van der Waals surface area (Å²) in [6.45, 7) is 6.43. The SMILES string of the molecule is COc1cc(-c2ccc(F)c(C)c2NC(=O)N=S(N)(=O)c2cnn3c2OCC(C)(C)C3)ccn1. The van der Waals surface area contributed by atoms with Gasteiger partial charge in [0.05, 0.1) is 32.1 Å². The number of methoxy groups -OCH3 is 1. The lowest BCUT2D eigenvalue weighted by Gasteiger charge is -2.30. The first-order chi connectivity index (χ1) is 16.0. The van der Waals surface area contributed by atoms with Crippen molar-refractivity contribution < 1.29 is 22.9 Å². The van der Waals surface area contributed by atoms with Gasteiger partial charge in [-0.3, -0.25) is 0 Å². The number of hydrogen-bond acceptors (Lipinski definition) is 6. The summed E-state index contributed by atoms with van der Waals surface area (Å²) in [7, 11) is -2.22.